The van der Waals surface area contributed by atoms with Crippen LogP contribution in [0.1, 0.15) is 98.6 Å². The van der Waals surface area contributed by atoms with E-state index in [2.05, 4.69) is 36.1 Å². The summed E-state index contributed by atoms with van der Waals surface area (Å²) >= 11 is 0. The number of carbonyl (C=O) groups excluding carboxylic acids is 5. The molecule has 0 radical (unpaired) electrons. The molecule has 0 saturated carbocycles. The summed E-state index contributed by atoms with van der Waals surface area (Å²) in [5.74, 6) is -2.71. The number of nitrogens with one attached hydrogen (secondary N) is 1. The first-order valence-corrected chi connectivity index (χ1v) is 22.1. The molecule has 5 rings (SSSR count). The third kappa shape index (κ3) is 12.5. The lowest BCUT2D eigenvalue weighted by Crippen LogP contribution is -2.46. The summed E-state index contributed by atoms with van der Waals surface area (Å²) in [5, 5.41) is 12.1. The fraction of sp³-hybridized carbons (Fsp3) is 0.440. The second-order valence-electron chi connectivity index (χ2n) is 17.6. The van der Waals surface area contributed by atoms with Crippen molar-refractivity contribution in [2.45, 2.75) is 90.6 Å². The van der Waals surface area contributed by atoms with Gasteiger partial charge in [-0.05, 0) is 78.7 Å². The van der Waals surface area contributed by atoms with E-state index in [0.29, 0.717) is 45.3 Å². The van der Waals surface area contributed by atoms with E-state index < -0.39 is 41.5 Å². The van der Waals surface area contributed by atoms with Crippen LogP contribution in [0.15, 0.2) is 66.9 Å². The maximum Gasteiger partial charge on any atom is 0.226 e. The molecule has 7 N–H and O–H groups in total. The largest absolute Gasteiger partial charge is 0.492 e. The van der Waals surface area contributed by atoms with Gasteiger partial charge in [0.2, 0.25) is 11.8 Å². The zero-order valence-corrected chi connectivity index (χ0v) is 38.3. The van der Waals surface area contributed by atoms with E-state index in [1.165, 1.54) is 18.1 Å². The number of amides is 2. The normalized spacial score (nSPS) is 17.0. The molecule has 1 aliphatic rings. The van der Waals surface area contributed by atoms with Crippen molar-refractivity contribution in [3.8, 4) is 40.1 Å². The standard InChI is InChI=1S/C50H62N8O7/c1-30-23-43(61)46(58(6)49(63)35(16-18-52)28-42(60)39-29-55-47(56-31(39)2)34-9-7-10-36(26-34)50(3,4)5)33-13-15-45(65-22-20-54)38(27-33)37-24-32(12-14-44(37)64-21-19-53)25-40(57-48(30)62)41(59)11-8-17-51/h7,9-10,12-15,24,26-27,29-30,35,40,46H,8,11,16,18-23,25,28,52-54H2,1-6H3,(H,57,62)/t30-,35-,40+,46+/m1/s1. The molecule has 4 aromatic rings. The number of ether oxygens (including phenoxy) is 2. The van der Waals surface area contributed by atoms with Gasteiger partial charge >= 0.3 is 0 Å². The number of Topliss-reactive ketones (excluding diaryl/α,β-unsaturated/α-hetero) is 3. The van der Waals surface area contributed by atoms with Crippen molar-refractivity contribution in [3.05, 3.63) is 94.8 Å². The van der Waals surface area contributed by atoms with E-state index in [1.807, 2.05) is 36.4 Å². The lowest BCUT2D eigenvalue weighted by atomic mass is 9.86. The average Bonchev–Trinajstić information content (AvgIpc) is 3.28. The highest BCUT2D eigenvalue weighted by Crippen LogP contribution is 2.41. The predicted molar refractivity (Wildman–Crippen MR) is 248 cm³/mol. The summed E-state index contributed by atoms with van der Waals surface area (Å²) in [4.78, 5) is 81.3. The van der Waals surface area contributed by atoms with Gasteiger partial charge in [-0.1, -0.05) is 58.0 Å². The second kappa shape index (κ2) is 22.5. The zero-order chi connectivity index (χ0) is 47.4. The molecule has 15 heteroatoms. The number of aryl methyl sites for hydroxylation is 1. The number of carbonyl (C=O) groups is 5. The zero-order valence-electron chi connectivity index (χ0n) is 38.3. The maximum atomic E-state index is 14.8. The molecule has 1 aliphatic heterocycles. The van der Waals surface area contributed by atoms with Crippen LogP contribution in [0.2, 0.25) is 0 Å². The molecule has 4 bridgehead atoms. The molecule has 15 nitrogen and oxygen atoms in total. The van der Waals surface area contributed by atoms with Crippen LogP contribution in [-0.4, -0.2) is 90.0 Å². The Morgan fingerprint density at radius 1 is 0.938 bits per heavy atom. The van der Waals surface area contributed by atoms with Gasteiger partial charge in [0, 0.05) is 80.5 Å². The number of hydrogen-bond donors (Lipinski definition) is 4. The van der Waals surface area contributed by atoms with E-state index >= 15 is 0 Å². The molecule has 3 aromatic carbocycles. The fourth-order valence-corrected chi connectivity index (χ4v) is 7.98. The van der Waals surface area contributed by atoms with E-state index in [4.69, 9.17) is 26.7 Å². The predicted octanol–water partition coefficient (Wildman–Crippen LogP) is 5.34. The number of likely N-dealkylation sites (N-methyl/N-ethyl adjacent to an activating group) is 1. The van der Waals surface area contributed by atoms with Crippen LogP contribution in [0.5, 0.6) is 11.5 Å². The number of nitrogens with zero attached hydrogens (tertiary/aromatic N) is 4. The molecule has 1 aromatic heterocycles. The van der Waals surface area contributed by atoms with Gasteiger partial charge < -0.3 is 36.9 Å². The Balaban J connectivity index is 1.56. The van der Waals surface area contributed by atoms with Crippen LogP contribution in [0.25, 0.3) is 22.5 Å². The van der Waals surface area contributed by atoms with Gasteiger partial charge in [-0.25, -0.2) is 9.97 Å². The summed E-state index contributed by atoms with van der Waals surface area (Å²) < 4.78 is 12.2. The average molecular weight is 887 g/mol. The first-order valence-electron chi connectivity index (χ1n) is 22.1. The Hall–Kier alpha value is -6.34. The molecular formula is C50H62N8O7. The summed E-state index contributed by atoms with van der Waals surface area (Å²) in [6.07, 6.45) is 1.09. The smallest absolute Gasteiger partial charge is 0.226 e. The van der Waals surface area contributed by atoms with Gasteiger partial charge in [0.05, 0.1) is 23.4 Å². The third-order valence-electron chi connectivity index (χ3n) is 11.6. The highest BCUT2D eigenvalue weighted by molar-refractivity contribution is 6.00. The molecule has 0 unspecified atom stereocenters. The summed E-state index contributed by atoms with van der Waals surface area (Å²) in [7, 11) is 1.50. The summed E-state index contributed by atoms with van der Waals surface area (Å²) in [6, 6.07) is 18.2. The minimum Gasteiger partial charge on any atom is -0.492 e. The number of aromatic nitrogens is 2. The van der Waals surface area contributed by atoms with Gasteiger partial charge in [-0.15, -0.1) is 0 Å². The third-order valence-corrected chi connectivity index (χ3v) is 11.6. The number of nitrogens with two attached hydrogens (primary N) is 3. The molecule has 0 spiro atoms. The highest BCUT2D eigenvalue weighted by Gasteiger charge is 2.36. The van der Waals surface area contributed by atoms with Crippen molar-refractivity contribution in [2.75, 3.05) is 39.9 Å². The molecule has 4 atom stereocenters. The highest BCUT2D eigenvalue weighted by atomic mass is 16.5. The van der Waals surface area contributed by atoms with Crippen LogP contribution in [0.3, 0.4) is 0 Å². The van der Waals surface area contributed by atoms with E-state index in [-0.39, 0.29) is 93.9 Å². The van der Waals surface area contributed by atoms with Crippen LogP contribution in [0, 0.1) is 30.1 Å². The first-order chi connectivity index (χ1) is 31.0. The Morgan fingerprint density at radius 3 is 2.25 bits per heavy atom. The first kappa shape index (κ1) is 49.7. The van der Waals surface area contributed by atoms with E-state index in [0.717, 1.165) is 11.1 Å². The summed E-state index contributed by atoms with van der Waals surface area (Å²) in [5.41, 5.74) is 22.5. The van der Waals surface area contributed by atoms with Crippen molar-refractivity contribution in [1.82, 2.24) is 20.2 Å². The van der Waals surface area contributed by atoms with Crippen LogP contribution >= 0.6 is 0 Å². The van der Waals surface area contributed by atoms with Gasteiger partial charge in [0.1, 0.15) is 30.8 Å². The molecule has 65 heavy (non-hydrogen) atoms. The Bertz CT molecular complexity index is 2420. The topological polar surface area (TPSA) is 247 Å². The molecular weight excluding hydrogens is 825 g/mol. The SMILES string of the molecule is Cc1nc(-c2cccc(C(C)(C)C)c2)ncc1C(=O)C[C@@H](CCN)C(=O)N(C)[C@@H]1C(=O)C[C@@H](C)C(=O)N[C@H](C(=O)CCC#N)Cc2ccc(OCCN)c(c2)-c2cc1ccc2OCCN. The van der Waals surface area contributed by atoms with Gasteiger partial charge in [-0.2, -0.15) is 5.26 Å². The Morgan fingerprint density at radius 2 is 1.62 bits per heavy atom. The number of benzene rings is 3. The van der Waals surface area contributed by atoms with E-state index in [1.54, 1.807) is 44.2 Å². The molecule has 0 fully saturated rings. The fourth-order valence-electron chi connectivity index (χ4n) is 7.98. The quantitative estimate of drug-likeness (QED) is 0.0980. The van der Waals surface area contributed by atoms with Crippen molar-refractivity contribution in [1.29, 1.82) is 5.26 Å². The van der Waals surface area contributed by atoms with Gasteiger partial charge in [-0.3, -0.25) is 24.0 Å². The van der Waals surface area contributed by atoms with Crippen molar-refractivity contribution in [3.63, 3.8) is 0 Å². The van der Waals surface area contributed by atoms with Crippen molar-refractivity contribution >= 4 is 29.2 Å². The monoisotopic (exact) mass is 886 g/mol. The number of hydrogen-bond acceptors (Lipinski definition) is 13. The van der Waals surface area contributed by atoms with Crippen molar-refractivity contribution in [2.24, 2.45) is 29.0 Å². The number of ketones is 3. The van der Waals surface area contributed by atoms with Crippen LogP contribution in [0.4, 0.5) is 0 Å². The number of rotatable bonds is 17. The molecule has 344 valence electrons. The summed E-state index contributed by atoms with van der Waals surface area (Å²) in [6.45, 7) is 10.5. The lowest BCUT2D eigenvalue weighted by molar-refractivity contribution is -0.142. The minimum atomic E-state index is -1.24. The maximum absolute atomic E-state index is 14.8. The van der Waals surface area contributed by atoms with Crippen LogP contribution < -0.4 is 32.0 Å². The Labute approximate surface area is 381 Å². The molecule has 0 saturated heterocycles. The van der Waals surface area contributed by atoms with Gasteiger partial charge in [0.25, 0.3) is 0 Å². The van der Waals surface area contributed by atoms with E-state index in [9.17, 15) is 29.2 Å². The second-order valence-corrected chi connectivity index (χ2v) is 17.6. The number of fused-ring (bicyclic) bond motifs is 5. The minimum absolute atomic E-state index is 0.0315. The van der Waals surface area contributed by atoms with Gasteiger partial charge in [0.15, 0.2) is 23.2 Å². The van der Waals surface area contributed by atoms with Crippen molar-refractivity contribution < 1.29 is 33.4 Å². The number of nitriles is 1. The van der Waals surface area contributed by atoms with Crippen LogP contribution in [-0.2, 0) is 31.0 Å². The molecule has 2 amide bonds. The lowest BCUT2D eigenvalue weighted by Gasteiger charge is -2.32. The Kier molecular flexibility index (Phi) is 17.2. The molecule has 2 heterocycles. The molecule has 0 aliphatic carbocycles.